The number of nitrogens with zero attached hydrogens (tertiary/aromatic N) is 1. The van der Waals surface area contributed by atoms with Crippen molar-refractivity contribution in [3.05, 3.63) is 30.1 Å². The predicted molar refractivity (Wildman–Crippen MR) is 107 cm³/mol. The summed E-state index contributed by atoms with van der Waals surface area (Å²) in [6.07, 6.45) is -4.11. The van der Waals surface area contributed by atoms with Gasteiger partial charge in [0.25, 0.3) is 0 Å². The van der Waals surface area contributed by atoms with Gasteiger partial charge in [-0.15, -0.1) is 24.0 Å². The highest BCUT2D eigenvalue weighted by molar-refractivity contribution is 14.0. The van der Waals surface area contributed by atoms with Gasteiger partial charge >= 0.3 is 6.18 Å². The number of hydrogen-bond donors (Lipinski definition) is 2. The third kappa shape index (κ3) is 13.5. The van der Waals surface area contributed by atoms with Crippen molar-refractivity contribution in [1.29, 1.82) is 0 Å². The van der Waals surface area contributed by atoms with E-state index in [1.54, 1.807) is 12.1 Å². The van der Waals surface area contributed by atoms with Gasteiger partial charge in [-0.05, 0) is 44.5 Å². The molecule has 5 nitrogen and oxygen atoms in total. The molecule has 0 amide bonds. The van der Waals surface area contributed by atoms with E-state index >= 15 is 0 Å². The lowest BCUT2D eigenvalue weighted by atomic mass is 10.3. The first-order valence-corrected chi connectivity index (χ1v) is 8.39. The van der Waals surface area contributed by atoms with E-state index in [-0.39, 0.29) is 42.5 Å². The van der Waals surface area contributed by atoms with Crippen molar-refractivity contribution in [2.75, 3.05) is 32.8 Å². The molecule has 0 heterocycles. The molecule has 1 unspecified atom stereocenters. The topological polar surface area (TPSA) is 54.9 Å². The zero-order valence-corrected chi connectivity index (χ0v) is 17.6. The molecular weight excluding hydrogens is 481 g/mol. The Kier molecular flexibility index (Phi) is 13.1. The zero-order chi connectivity index (χ0) is 19.4. The summed E-state index contributed by atoms with van der Waals surface area (Å²) in [6, 6.07) is 5.72. The number of halogens is 5. The van der Waals surface area contributed by atoms with Crippen LogP contribution in [0.5, 0.6) is 5.75 Å². The second-order valence-corrected chi connectivity index (χ2v) is 5.55. The van der Waals surface area contributed by atoms with E-state index in [2.05, 4.69) is 20.4 Å². The molecule has 27 heavy (non-hydrogen) atoms. The Hall–Kier alpha value is -1.30. The first kappa shape index (κ1) is 25.7. The van der Waals surface area contributed by atoms with E-state index in [1.165, 1.54) is 12.1 Å². The number of nitrogens with one attached hydrogen (secondary N) is 2. The van der Waals surface area contributed by atoms with Crippen LogP contribution >= 0.6 is 24.0 Å². The summed E-state index contributed by atoms with van der Waals surface area (Å²) in [5, 5.41) is 6.05. The van der Waals surface area contributed by atoms with Gasteiger partial charge in [-0.1, -0.05) is 0 Å². The van der Waals surface area contributed by atoms with Crippen molar-refractivity contribution in [3.63, 3.8) is 0 Å². The number of hydrogen-bond acceptors (Lipinski definition) is 3. The van der Waals surface area contributed by atoms with Crippen LogP contribution in [-0.2, 0) is 4.74 Å². The lowest BCUT2D eigenvalue weighted by Crippen LogP contribution is -2.38. The molecule has 0 radical (unpaired) electrons. The molecule has 0 aliphatic heterocycles. The fourth-order valence-electron chi connectivity index (χ4n) is 1.91. The molecular formula is C17H26F4IN3O2. The number of rotatable bonds is 10. The number of guanidine groups is 1. The maximum absolute atomic E-state index is 12.9. The molecule has 0 saturated carbocycles. The summed E-state index contributed by atoms with van der Waals surface area (Å²) < 4.78 is 58.9. The van der Waals surface area contributed by atoms with Crippen molar-refractivity contribution >= 4 is 29.9 Å². The Morgan fingerprint density at radius 3 is 2.44 bits per heavy atom. The SMILES string of the molecule is CCNC(=NCC(C)Oc1ccc(F)cc1)NCCCOCC(F)(F)F.I. The van der Waals surface area contributed by atoms with Crippen molar-refractivity contribution in [2.45, 2.75) is 32.5 Å². The van der Waals surface area contributed by atoms with Gasteiger partial charge in [-0.3, -0.25) is 0 Å². The van der Waals surface area contributed by atoms with Gasteiger partial charge in [0.1, 0.15) is 24.3 Å². The number of ether oxygens (including phenoxy) is 2. The van der Waals surface area contributed by atoms with Crippen LogP contribution in [0, 0.1) is 5.82 Å². The van der Waals surface area contributed by atoms with E-state index in [0.717, 1.165) is 0 Å². The second-order valence-electron chi connectivity index (χ2n) is 5.55. The van der Waals surface area contributed by atoms with E-state index in [0.29, 0.717) is 37.8 Å². The fraction of sp³-hybridized carbons (Fsp3) is 0.588. The molecule has 0 aliphatic carbocycles. The van der Waals surface area contributed by atoms with Crippen LogP contribution in [-0.4, -0.2) is 51.1 Å². The summed E-state index contributed by atoms with van der Waals surface area (Å²) in [5.41, 5.74) is 0. The third-order valence-corrected chi connectivity index (χ3v) is 3.03. The largest absolute Gasteiger partial charge is 0.489 e. The predicted octanol–water partition coefficient (Wildman–Crippen LogP) is 3.74. The van der Waals surface area contributed by atoms with Gasteiger partial charge < -0.3 is 20.1 Å². The van der Waals surface area contributed by atoms with Gasteiger partial charge in [0.05, 0.1) is 6.54 Å². The minimum Gasteiger partial charge on any atom is -0.489 e. The summed E-state index contributed by atoms with van der Waals surface area (Å²) in [4.78, 5) is 4.36. The van der Waals surface area contributed by atoms with Gasteiger partial charge in [0, 0.05) is 19.7 Å². The standard InChI is InChI=1S/C17H25F4N3O2.HI/c1-3-22-16(23-9-4-10-25-12-17(19,20)21)24-11-13(2)26-15-7-5-14(18)6-8-15;/h5-8,13H,3-4,9-12H2,1-2H3,(H2,22,23,24);1H. The van der Waals surface area contributed by atoms with Crippen molar-refractivity contribution in [3.8, 4) is 5.75 Å². The molecule has 10 heteroatoms. The first-order chi connectivity index (χ1) is 12.3. The molecule has 0 saturated heterocycles. The lowest BCUT2D eigenvalue weighted by Gasteiger charge is -2.15. The van der Waals surface area contributed by atoms with Crippen molar-refractivity contribution < 1.29 is 27.0 Å². The van der Waals surface area contributed by atoms with Crippen LogP contribution in [0.25, 0.3) is 0 Å². The second kappa shape index (κ2) is 13.8. The maximum atomic E-state index is 12.9. The fourth-order valence-corrected chi connectivity index (χ4v) is 1.91. The average molecular weight is 507 g/mol. The van der Waals surface area contributed by atoms with Gasteiger partial charge in [-0.25, -0.2) is 9.38 Å². The van der Waals surface area contributed by atoms with E-state index in [9.17, 15) is 17.6 Å². The van der Waals surface area contributed by atoms with Crippen molar-refractivity contribution in [2.24, 2.45) is 4.99 Å². The smallest absolute Gasteiger partial charge is 0.411 e. The molecule has 1 rings (SSSR count). The van der Waals surface area contributed by atoms with Crippen LogP contribution in [0.4, 0.5) is 17.6 Å². The maximum Gasteiger partial charge on any atom is 0.411 e. The average Bonchev–Trinajstić information content (AvgIpc) is 2.56. The zero-order valence-electron chi connectivity index (χ0n) is 15.3. The molecule has 156 valence electrons. The van der Waals surface area contributed by atoms with Gasteiger partial charge in [0.15, 0.2) is 5.96 Å². The molecule has 0 spiro atoms. The van der Waals surface area contributed by atoms with E-state index < -0.39 is 12.8 Å². The summed E-state index contributed by atoms with van der Waals surface area (Å²) in [6.45, 7) is 3.94. The Morgan fingerprint density at radius 2 is 1.85 bits per heavy atom. The minimum absolute atomic E-state index is 0. The minimum atomic E-state index is -4.30. The molecule has 0 bridgehead atoms. The highest BCUT2D eigenvalue weighted by Crippen LogP contribution is 2.14. The quantitative estimate of drug-likeness (QED) is 0.167. The molecule has 0 aromatic heterocycles. The Labute approximate surface area is 173 Å². The third-order valence-electron chi connectivity index (χ3n) is 3.03. The Balaban J connectivity index is 0.00000676. The Morgan fingerprint density at radius 1 is 1.19 bits per heavy atom. The normalized spacial score (nSPS) is 12.9. The lowest BCUT2D eigenvalue weighted by molar-refractivity contribution is -0.173. The summed E-state index contributed by atoms with van der Waals surface area (Å²) >= 11 is 0. The van der Waals surface area contributed by atoms with Crippen LogP contribution in [0.1, 0.15) is 20.3 Å². The molecule has 1 atom stereocenters. The van der Waals surface area contributed by atoms with Crippen LogP contribution in [0.3, 0.4) is 0 Å². The number of benzene rings is 1. The van der Waals surface area contributed by atoms with Gasteiger partial charge in [0.2, 0.25) is 0 Å². The van der Waals surface area contributed by atoms with Crippen molar-refractivity contribution in [1.82, 2.24) is 10.6 Å². The molecule has 2 N–H and O–H groups in total. The molecule has 1 aromatic carbocycles. The van der Waals surface area contributed by atoms with Gasteiger partial charge in [-0.2, -0.15) is 13.2 Å². The van der Waals surface area contributed by atoms with Crippen LogP contribution in [0.2, 0.25) is 0 Å². The molecule has 1 aromatic rings. The van der Waals surface area contributed by atoms with E-state index in [1.807, 2.05) is 13.8 Å². The highest BCUT2D eigenvalue weighted by atomic mass is 127. The molecule has 0 aliphatic rings. The van der Waals surface area contributed by atoms with Crippen LogP contribution < -0.4 is 15.4 Å². The van der Waals surface area contributed by atoms with E-state index in [4.69, 9.17) is 4.74 Å². The number of alkyl halides is 3. The highest BCUT2D eigenvalue weighted by Gasteiger charge is 2.27. The Bertz CT molecular complexity index is 542. The van der Waals surface area contributed by atoms with Crippen LogP contribution in [0.15, 0.2) is 29.3 Å². The summed E-state index contributed by atoms with van der Waals surface area (Å²) in [5.74, 6) is 0.757. The number of aliphatic imine (C=N–C) groups is 1. The summed E-state index contributed by atoms with van der Waals surface area (Å²) in [7, 11) is 0. The first-order valence-electron chi connectivity index (χ1n) is 8.39. The monoisotopic (exact) mass is 507 g/mol. The molecule has 0 fully saturated rings.